The second-order valence-corrected chi connectivity index (χ2v) is 15.1. The van der Waals surface area contributed by atoms with Crippen molar-refractivity contribution < 1.29 is 28.7 Å². The molecule has 0 aromatic heterocycles. The fourth-order valence-corrected chi connectivity index (χ4v) is 7.73. The van der Waals surface area contributed by atoms with Gasteiger partial charge in [-0.1, -0.05) is 70.8 Å². The summed E-state index contributed by atoms with van der Waals surface area (Å²) in [5.74, 6) is -1.43. The van der Waals surface area contributed by atoms with Crippen molar-refractivity contribution in [3.63, 3.8) is 0 Å². The average molecular weight is 737 g/mol. The molecule has 4 amide bonds. The maximum atomic E-state index is 14.1. The smallest absolute Gasteiger partial charge is 0.246 e. The molecular formula is C38H65ClN6O6. The zero-order chi connectivity index (χ0) is 38.6. The molecule has 9 atom stereocenters. The summed E-state index contributed by atoms with van der Waals surface area (Å²) in [6, 6.07) is 4.71. The Labute approximate surface area is 311 Å². The van der Waals surface area contributed by atoms with E-state index >= 15 is 0 Å². The summed E-state index contributed by atoms with van der Waals surface area (Å²) in [4.78, 5) is 60.0. The number of likely N-dealkylation sites (tertiary alicyclic amines) is 1. The van der Waals surface area contributed by atoms with Gasteiger partial charge in [-0.25, -0.2) is 0 Å². The normalized spacial score (nSPS) is 19.5. The number of nitrogens with one attached hydrogen (secondary N) is 2. The predicted molar refractivity (Wildman–Crippen MR) is 202 cm³/mol. The highest BCUT2D eigenvalue weighted by molar-refractivity contribution is 6.31. The van der Waals surface area contributed by atoms with Crippen molar-refractivity contribution in [2.75, 3.05) is 48.5 Å². The molecule has 1 saturated heterocycles. The van der Waals surface area contributed by atoms with Gasteiger partial charge < -0.3 is 35.6 Å². The fourth-order valence-electron chi connectivity index (χ4n) is 7.50. The van der Waals surface area contributed by atoms with Gasteiger partial charge in [0.25, 0.3) is 0 Å². The van der Waals surface area contributed by atoms with Gasteiger partial charge in [0, 0.05) is 45.4 Å². The highest BCUT2D eigenvalue weighted by Gasteiger charge is 2.43. The van der Waals surface area contributed by atoms with Crippen LogP contribution in [0.5, 0.6) is 0 Å². The Morgan fingerprint density at radius 1 is 1.02 bits per heavy atom. The number of rotatable bonds is 20. The highest BCUT2D eigenvalue weighted by Crippen LogP contribution is 2.29. The summed E-state index contributed by atoms with van der Waals surface area (Å²) in [6.45, 7) is 12.5. The van der Waals surface area contributed by atoms with Crippen LogP contribution in [0.4, 0.5) is 0 Å². The Bertz CT molecular complexity index is 1270. The van der Waals surface area contributed by atoms with E-state index in [1.54, 1.807) is 33.1 Å². The van der Waals surface area contributed by atoms with Gasteiger partial charge in [0.1, 0.15) is 6.04 Å². The monoisotopic (exact) mass is 736 g/mol. The molecule has 1 aliphatic rings. The number of amides is 4. The predicted octanol–water partition coefficient (Wildman–Crippen LogP) is 3.34. The fraction of sp³-hybridized carbons (Fsp3) is 0.737. The number of likely N-dealkylation sites (N-methyl/N-ethyl adjacent to an activating group) is 2. The van der Waals surface area contributed by atoms with Gasteiger partial charge in [0.05, 0.1) is 42.7 Å². The number of carbonyl (C=O) groups is 4. The van der Waals surface area contributed by atoms with E-state index in [0.717, 1.165) is 18.4 Å². The Morgan fingerprint density at radius 3 is 2.20 bits per heavy atom. The number of halogens is 1. The van der Waals surface area contributed by atoms with E-state index < -0.39 is 42.3 Å². The lowest BCUT2D eigenvalue weighted by atomic mass is 9.89. The zero-order valence-electron chi connectivity index (χ0n) is 32.8. The lowest BCUT2D eigenvalue weighted by molar-refractivity contribution is -0.147. The maximum absolute atomic E-state index is 14.1. The number of methoxy groups -OCH3 is 2. The van der Waals surface area contributed by atoms with Crippen LogP contribution in [0.3, 0.4) is 0 Å². The second kappa shape index (κ2) is 21.1. The molecular weight excluding hydrogens is 672 g/mol. The Kier molecular flexibility index (Phi) is 18.3. The van der Waals surface area contributed by atoms with Crippen LogP contribution < -0.4 is 16.4 Å². The van der Waals surface area contributed by atoms with E-state index in [1.807, 2.05) is 82.8 Å². The number of hydrogen-bond acceptors (Lipinski definition) is 8. The number of ether oxygens (including phenoxy) is 2. The first kappa shape index (κ1) is 44.4. The molecule has 1 fully saturated rings. The summed E-state index contributed by atoms with van der Waals surface area (Å²) in [5.41, 5.74) is 7.26. The van der Waals surface area contributed by atoms with Gasteiger partial charge in [0.15, 0.2) is 0 Å². The molecule has 1 aromatic rings. The standard InChI is InChI=1S/C38H65ClN6O6/c1-12-24(4)34(44(9)38(49)32(26(6)40)42-37(48)33(23(2)3)43(7)8)30(50-10)22-31(46)45-21-15-18-29(45)35(51-11)25(5)36(47)41-20-19-27-16-13-14-17-28(27)39/h13-14,16-17,23-26,29-30,32-35H,12,15,18-22,40H2,1-11H3,(H,41,47)(H,42,48)/t24-,25+,26-,29-,30+,32+,33-,34-,35+/m0/s1. The topological polar surface area (TPSA) is 147 Å². The minimum Gasteiger partial charge on any atom is -0.379 e. The summed E-state index contributed by atoms with van der Waals surface area (Å²) in [6.07, 6.45) is 1.68. The molecule has 0 spiro atoms. The molecule has 0 radical (unpaired) electrons. The van der Waals surface area contributed by atoms with Crippen LogP contribution in [0.15, 0.2) is 24.3 Å². The van der Waals surface area contributed by atoms with Gasteiger partial charge in [-0.05, 0) is 63.7 Å². The summed E-state index contributed by atoms with van der Waals surface area (Å²) < 4.78 is 11.9. The SMILES string of the molecule is CC[C@H](C)[C@@H]([C@@H](CC(=O)N1CCC[C@H]1[C@H](OC)[C@@H](C)C(=O)NCCc1ccccc1Cl)OC)N(C)C(=O)[C@H](NC(=O)[C@H](C(C)C)N(C)C)[C@H](C)N. The van der Waals surface area contributed by atoms with Crippen molar-refractivity contribution >= 4 is 35.2 Å². The number of nitrogens with two attached hydrogens (primary N) is 1. The summed E-state index contributed by atoms with van der Waals surface area (Å²) >= 11 is 6.28. The van der Waals surface area contributed by atoms with Crippen LogP contribution in [-0.4, -0.2) is 129 Å². The van der Waals surface area contributed by atoms with Crippen LogP contribution in [0, 0.1) is 17.8 Å². The molecule has 1 aliphatic heterocycles. The Hall–Kier alpha value is -2.77. The quantitative estimate of drug-likeness (QED) is 0.185. The molecule has 2 rings (SSSR count). The third-order valence-electron chi connectivity index (χ3n) is 10.5. The van der Waals surface area contributed by atoms with Gasteiger partial charge in [-0.15, -0.1) is 0 Å². The number of hydrogen-bond donors (Lipinski definition) is 3. The molecule has 1 aromatic carbocycles. The summed E-state index contributed by atoms with van der Waals surface area (Å²) in [5, 5.41) is 6.59. The van der Waals surface area contributed by atoms with Crippen molar-refractivity contribution in [1.82, 2.24) is 25.3 Å². The van der Waals surface area contributed by atoms with Crippen molar-refractivity contribution in [3.8, 4) is 0 Å². The average Bonchev–Trinajstić information content (AvgIpc) is 3.56. The first-order valence-corrected chi connectivity index (χ1v) is 18.7. The minimum absolute atomic E-state index is 0.0158. The Morgan fingerprint density at radius 2 is 1.67 bits per heavy atom. The third kappa shape index (κ3) is 11.9. The van der Waals surface area contributed by atoms with Crippen molar-refractivity contribution in [3.05, 3.63) is 34.9 Å². The molecule has 4 N–H and O–H groups in total. The second-order valence-electron chi connectivity index (χ2n) is 14.7. The largest absolute Gasteiger partial charge is 0.379 e. The van der Waals surface area contributed by atoms with Crippen LogP contribution in [0.1, 0.15) is 72.8 Å². The minimum atomic E-state index is -0.966. The van der Waals surface area contributed by atoms with Crippen LogP contribution in [0.2, 0.25) is 5.02 Å². The van der Waals surface area contributed by atoms with E-state index in [9.17, 15) is 19.2 Å². The summed E-state index contributed by atoms with van der Waals surface area (Å²) in [7, 11) is 8.48. The molecule has 12 nitrogen and oxygen atoms in total. The maximum Gasteiger partial charge on any atom is 0.246 e. The first-order chi connectivity index (χ1) is 24.0. The lowest BCUT2D eigenvalue weighted by Crippen LogP contribution is -2.62. The van der Waals surface area contributed by atoms with E-state index in [1.165, 1.54) is 0 Å². The molecule has 0 unspecified atom stereocenters. The molecule has 0 saturated carbocycles. The first-order valence-electron chi connectivity index (χ1n) is 18.4. The number of benzene rings is 1. The zero-order valence-corrected chi connectivity index (χ0v) is 33.5. The molecule has 0 aliphatic carbocycles. The molecule has 13 heteroatoms. The molecule has 0 bridgehead atoms. The van der Waals surface area contributed by atoms with E-state index in [0.29, 0.717) is 31.0 Å². The van der Waals surface area contributed by atoms with Crippen LogP contribution in [-0.2, 0) is 35.1 Å². The third-order valence-corrected chi connectivity index (χ3v) is 10.8. The van der Waals surface area contributed by atoms with Crippen LogP contribution >= 0.6 is 11.6 Å². The van der Waals surface area contributed by atoms with E-state index in [-0.39, 0.29) is 47.9 Å². The lowest BCUT2D eigenvalue weighted by Gasteiger charge is -2.41. The van der Waals surface area contributed by atoms with Crippen LogP contribution in [0.25, 0.3) is 0 Å². The van der Waals surface area contributed by atoms with Crippen molar-refractivity contribution in [1.29, 1.82) is 0 Å². The number of nitrogens with zero attached hydrogens (tertiary/aromatic N) is 3. The van der Waals surface area contributed by atoms with Gasteiger partial charge in [-0.2, -0.15) is 0 Å². The van der Waals surface area contributed by atoms with Crippen molar-refractivity contribution in [2.45, 2.75) is 116 Å². The van der Waals surface area contributed by atoms with E-state index in [4.69, 9.17) is 26.8 Å². The molecule has 1 heterocycles. The van der Waals surface area contributed by atoms with Gasteiger partial charge >= 0.3 is 0 Å². The highest BCUT2D eigenvalue weighted by atomic mass is 35.5. The Balaban J connectivity index is 2.21. The van der Waals surface area contributed by atoms with Crippen molar-refractivity contribution in [2.24, 2.45) is 23.5 Å². The van der Waals surface area contributed by atoms with Gasteiger partial charge in [0.2, 0.25) is 23.6 Å². The number of carbonyl (C=O) groups excluding carboxylic acids is 4. The molecule has 290 valence electrons. The van der Waals surface area contributed by atoms with E-state index in [2.05, 4.69) is 10.6 Å². The van der Waals surface area contributed by atoms with Gasteiger partial charge in [-0.3, -0.25) is 24.1 Å². The molecule has 51 heavy (non-hydrogen) atoms.